The van der Waals surface area contributed by atoms with Crippen LogP contribution in [0.1, 0.15) is 35.7 Å². The first-order chi connectivity index (χ1) is 14.7. The van der Waals surface area contributed by atoms with Gasteiger partial charge in [0, 0.05) is 18.5 Å². The Morgan fingerprint density at radius 1 is 1.23 bits per heavy atom. The van der Waals surface area contributed by atoms with Gasteiger partial charge in [-0.05, 0) is 36.4 Å². The lowest BCUT2D eigenvalue weighted by Crippen LogP contribution is -2.31. The van der Waals surface area contributed by atoms with Gasteiger partial charge in [-0.2, -0.15) is 0 Å². The van der Waals surface area contributed by atoms with Crippen molar-refractivity contribution in [3.05, 3.63) is 52.5 Å². The largest absolute Gasteiger partial charge is 0.485 e. The molecular formula is C21H22N4O3S2. The lowest BCUT2D eigenvalue weighted by atomic mass is 10.2. The number of fused-ring (bicyclic) bond motifs is 1. The van der Waals surface area contributed by atoms with Gasteiger partial charge < -0.3 is 18.9 Å². The van der Waals surface area contributed by atoms with Crippen molar-refractivity contribution in [2.45, 2.75) is 30.1 Å². The smallest absolute Gasteiger partial charge is 0.233 e. The van der Waals surface area contributed by atoms with Gasteiger partial charge in [0.05, 0.1) is 11.8 Å². The number of amides is 1. The van der Waals surface area contributed by atoms with Crippen LogP contribution in [0.15, 0.2) is 46.9 Å². The van der Waals surface area contributed by atoms with Gasteiger partial charge in [0.25, 0.3) is 0 Å². The first-order valence-electron chi connectivity index (χ1n) is 9.94. The molecule has 0 aliphatic carbocycles. The first kappa shape index (κ1) is 19.4. The van der Waals surface area contributed by atoms with Gasteiger partial charge in [-0.3, -0.25) is 4.79 Å². The number of likely N-dealkylation sites (tertiary alicyclic amines) is 1. The zero-order chi connectivity index (χ0) is 20.5. The molecule has 30 heavy (non-hydrogen) atoms. The van der Waals surface area contributed by atoms with Gasteiger partial charge in [-0.25, -0.2) is 0 Å². The number of aromatic nitrogens is 3. The van der Waals surface area contributed by atoms with E-state index in [1.165, 1.54) is 16.6 Å². The van der Waals surface area contributed by atoms with E-state index in [-0.39, 0.29) is 18.1 Å². The summed E-state index contributed by atoms with van der Waals surface area (Å²) in [5.74, 6) is 2.62. The third-order valence-corrected chi connectivity index (χ3v) is 7.41. The highest BCUT2D eigenvalue weighted by Gasteiger charge is 2.31. The fourth-order valence-electron chi connectivity index (χ4n) is 3.93. The van der Waals surface area contributed by atoms with Gasteiger partial charge in [0.1, 0.15) is 6.61 Å². The number of carbonyl (C=O) groups excluding carboxylic acids is 1. The van der Waals surface area contributed by atoms with Gasteiger partial charge in [0.2, 0.25) is 5.91 Å². The maximum Gasteiger partial charge on any atom is 0.233 e. The molecule has 0 N–H and O–H groups in total. The maximum atomic E-state index is 12.9. The molecule has 1 aromatic carbocycles. The van der Waals surface area contributed by atoms with Crippen molar-refractivity contribution in [3.63, 3.8) is 0 Å². The van der Waals surface area contributed by atoms with Gasteiger partial charge in [-0.1, -0.05) is 30.0 Å². The highest BCUT2D eigenvalue weighted by atomic mass is 32.2. The molecule has 3 aromatic rings. The molecule has 1 fully saturated rings. The number of ether oxygens (including phenoxy) is 2. The van der Waals surface area contributed by atoms with Crippen molar-refractivity contribution in [1.82, 2.24) is 19.7 Å². The Kier molecular flexibility index (Phi) is 5.39. The van der Waals surface area contributed by atoms with Crippen molar-refractivity contribution in [2.75, 3.05) is 18.9 Å². The van der Waals surface area contributed by atoms with Crippen molar-refractivity contribution in [1.29, 1.82) is 0 Å². The predicted molar refractivity (Wildman–Crippen MR) is 115 cm³/mol. The van der Waals surface area contributed by atoms with E-state index in [0.717, 1.165) is 25.1 Å². The molecular weight excluding hydrogens is 420 g/mol. The fraction of sp³-hybridized carbons (Fsp3) is 0.381. The Hall–Kier alpha value is -2.52. The monoisotopic (exact) mass is 442 g/mol. The molecule has 2 aromatic heterocycles. The predicted octanol–water partition coefficient (Wildman–Crippen LogP) is 3.84. The van der Waals surface area contributed by atoms with Gasteiger partial charge in [-0.15, -0.1) is 21.5 Å². The number of carbonyl (C=O) groups is 1. The van der Waals surface area contributed by atoms with E-state index in [9.17, 15) is 4.79 Å². The third kappa shape index (κ3) is 3.67. The van der Waals surface area contributed by atoms with Crippen LogP contribution in [-0.4, -0.2) is 44.5 Å². The second-order valence-corrected chi connectivity index (χ2v) is 9.24. The molecule has 0 bridgehead atoms. The van der Waals surface area contributed by atoms with Crippen molar-refractivity contribution >= 4 is 29.0 Å². The molecule has 0 spiro atoms. The summed E-state index contributed by atoms with van der Waals surface area (Å²) in [5.41, 5.74) is 0. The van der Waals surface area contributed by atoms with Crippen LogP contribution in [0.3, 0.4) is 0 Å². The van der Waals surface area contributed by atoms with E-state index in [1.54, 1.807) is 11.3 Å². The van der Waals surface area contributed by atoms with E-state index < -0.39 is 0 Å². The van der Waals surface area contributed by atoms with Crippen LogP contribution in [0.25, 0.3) is 0 Å². The van der Waals surface area contributed by atoms with E-state index in [2.05, 4.69) is 21.6 Å². The Morgan fingerprint density at radius 2 is 2.10 bits per heavy atom. The average Bonchev–Trinajstić information content (AvgIpc) is 3.52. The van der Waals surface area contributed by atoms with Gasteiger partial charge in [0.15, 0.2) is 28.6 Å². The van der Waals surface area contributed by atoms with Crippen molar-refractivity contribution < 1.29 is 14.3 Å². The molecule has 0 unspecified atom stereocenters. The first-order valence-corrected chi connectivity index (χ1v) is 11.8. The number of para-hydroxylation sites is 2. The van der Waals surface area contributed by atoms with E-state index >= 15 is 0 Å². The Labute approximate surface area is 183 Å². The molecule has 1 amide bonds. The van der Waals surface area contributed by atoms with Crippen LogP contribution >= 0.6 is 23.1 Å². The summed E-state index contributed by atoms with van der Waals surface area (Å²) in [6.45, 7) is 1.20. The minimum absolute atomic E-state index is 0.145. The molecule has 2 atom stereocenters. The van der Waals surface area contributed by atoms with Crippen LogP contribution in [0.2, 0.25) is 0 Å². The number of thioether (sulfide) groups is 1. The standard InChI is InChI=1S/C21H22N4O3S2/c1-24-20(17-12-27-15-7-2-3-8-16(15)28-17)22-23-21(24)30-13-19(26)25-10-4-6-14(25)18-9-5-11-29-18/h2-3,5,7-9,11,14,17H,4,6,10,12-13H2,1H3/t14-,17-/m1/s1. The quantitative estimate of drug-likeness (QED) is 0.559. The molecule has 2 aliphatic rings. The average molecular weight is 443 g/mol. The number of rotatable bonds is 5. The lowest BCUT2D eigenvalue weighted by molar-refractivity contribution is -0.129. The van der Waals surface area contributed by atoms with Crippen molar-refractivity contribution in [3.8, 4) is 11.5 Å². The summed E-state index contributed by atoms with van der Waals surface area (Å²) >= 11 is 3.14. The molecule has 4 heterocycles. The van der Waals surface area contributed by atoms with Gasteiger partial charge >= 0.3 is 0 Å². The normalized spacial score (nSPS) is 20.5. The van der Waals surface area contributed by atoms with Crippen molar-refractivity contribution in [2.24, 2.45) is 7.05 Å². The van der Waals surface area contributed by atoms with Crippen LogP contribution < -0.4 is 9.47 Å². The minimum atomic E-state index is -0.329. The highest BCUT2D eigenvalue weighted by Crippen LogP contribution is 2.37. The maximum absolute atomic E-state index is 12.9. The summed E-state index contributed by atoms with van der Waals surface area (Å²) in [6.07, 6.45) is 1.75. The summed E-state index contributed by atoms with van der Waals surface area (Å²) in [4.78, 5) is 16.2. The third-order valence-electron chi connectivity index (χ3n) is 5.43. The Bertz CT molecular complexity index is 1040. The number of nitrogens with zero attached hydrogens (tertiary/aromatic N) is 4. The lowest BCUT2D eigenvalue weighted by Gasteiger charge is -2.25. The number of benzene rings is 1. The fourth-order valence-corrected chi connectivity index (χ4v) is 5.61. The molecule has 2 aliphatic heterocycles. The van der Waals surface area contributed by atoms with E-state index in [4.69, 9.17) is 9.47 Å². The van der Waals surface area contributed by atoms with Crippen LogP contribution in [0.5, 0.6) is 11.5 Å². The molecule has 0 radical (unpaired) electrons. The second kappa shape index (κ2) is 8.31. The topological polar surface area (TPSA) is 69.5 Å². The zero-order valence-corrected chi connectivity index (χ0v) is 18.2. The van der Waals surface area contributed by atoms with Crippen LogP contribution in [-0.2, 0) is 11.8 Å². The van der Waals surface area contributed by atoms with E-state index in [1.807, 2.05) is 46.8 Å². The molecule has 7 nitrogen and oxygen atoms in total. The summed E-state index contributed by atoms with van der Waals surface area (Å²) in [5, 5.41) is 11.4. The molecule has 5 rings (SSSR count). The molecule has 0 saturated carbocycles. The Balaban J connectivity index is 1.24. The van der Waals surface area contributed by atoms with E-state index in [0.29, 0.717) is 29.1 Å². The molecule has 1 saturated heterocycles. The molecule has 156 valence electrons. The number of hydrogen-bond acceptors (Lipinski definition) is 7. The molecule has 9 heteroatoms. The summed E-state index contributed by atoms with van der Waals surface area (Å²) in [6, 6.07) is 12.0. The zero-order valence-electron chi connectivity index (χ0n) is 16.6. The Morgan fingerprint density at radius 3 is 2.93 bits per heavy atom. The summed E-state index contributed by atoms with van der Waals surface area (Å²) < 4.78 is 13.7. The van der Waals surface area contributed by atoms with Crippen LogP contribution in [0.4, 0.5) is 0 Å². The second-order valence-electron chi connectivity index (χ2n) is 7.31. The summed E-state index contributed by atoms with van der Waals surface area (Å²) in [7, 11) is 1.90. The van der Waals surface area contributed by atoms with Crippen LogP contribution in [0, 0.1) is 0 Å². The minimum Gasteiger partial charge on any atom is -0.485 e. The number of hydrogen-bond donors (Lipinski definition) is 0. The SMILES string of the molecule is Cn1c(SCC(=O)N2CCC[C@@H]2c2cccs2)nnc1[C@H]1COc2ccccc2O1. The highest BCUT2D eigenvalue weighted by molar-refractivity contribution is 7.99. The number of thiophene rings is 1.